The first-order valence-corrected chi connectivity index (χ1v) is 5.72. The van der Waals surface area contributed by atoms with Crippen molar-refractivity contribution in [2.24, 2.45) is 0 Å². The average Bonchev–Trinajstić information content (AvgIpc) is 2.18. The molecule has 0 saturated carbocycles. The summed E-state index contributed by atoms with van der Waals surface area (Å²) < 4.78 is 0. The number of phenolic OH excluding ortho intramolecular Hbond substituents is 1. The third-order valence-corrected chi connectivity index (χ3v) is 1.79. The van der Waals surface area contributed by atoms with Gasteiger partial charge in [-0.2, -0.15) is 0 Å². The van der Waals surface area contributed by atoms with Gasteiger partial charge in [-0.3, -0.25) is 0 Å². The van der Waals surface area contributed by atoms with Crippen LogP contribution in [0.3, 0.4) is 0 Å². The largest absolute Gasteiger partial charge is 0.508 e. The van der Waals surface area contributed by atoms with Crippen LogP contribution in [-0.4, -0.2) is 10.4 Å². The van der Waals surface area contributed by atoms with Crippen LogP contribution >= 0.6 is 23.2 Å². The second-order valence-corrected chi connectivity index (χ2v) is 3.64. The van der Waals surface area contributed by atoms with E-state index in [1.165, 1.54) is 6.42 Å². The van der Waals surface area contributed by atoms with Crippen molar-refractivity contribution >= 4 is 23.2 Å². The summed E-state index contributed by atoms with van der Waals surface area (Å²) >= 11 is 9.53. The third kappa shape index (κ3) is 6.11. The summed E-state index contributed by atoms with van der Waals surface area (Å²) in [4.78, 5) is 0. The number of unbranched alkanes of at least 4 members (excludes halogenated alkanes) is 1. The first-order chi connectivity index (χ1) is 6.76. The zero-order valence-corrected chi connectivity index (χ0v) is 9.85. The van der Waals surface area contributed by atoms with E-state index in [-0.39, 0.29) is 5.34 Å². The monoisotopic (exact) mass is 234 g/mol. The first-order valence-electron chi connectivity index (χ1n) is 4.65. The molecule has 0 spiro atoms. The molecule has 0 bridgehead atoms. The van der Waals surface area contributed by atoms with Gasteiger partial charge in [0.05, 0.1) is 5.34 Å². The Labute approximate surface area is 95.7 Å². The maximum Gasteiger partial charge on any atom is 0.118 e. The van der Waals surface area contributed by atoms with Gasteiger partial charge in [0.15, 0.2) is 0 Å². The summed E-state index contributed by atoms with van der Waals surface area (Å²) in [6, 6.07) is 7.53. The van der Waals surface area contributed by atoms with E-state index in [9.17, 15) is 5.11 Å². The second kappa shape index (κ2) is 9.17. The van der Waals surface area contributed by atoms with Gasteiger partial charge in [0, 0.05) is 0 Å². The Balaban J connectivity index is 0.000000500. The van der Waals surface area contributed by atoms with Gasteiger partial charge in [0.2, 0.25) is 0 Å². The Morgan fingerprint density at radius 3 is 2.29 bits per heavy atom. The Morgan fingerprint density at radius 2 is 1.79 bits per heavy atom. The molecular weight excluding hydrogens is 219 g/mol. The molecule has 0 aliphatic rings. The van der Waals surface area contributed by atoms with E-state index in [0.717, 1.165) is 18.4 Å². The molecule has 1 N–H and O–H groups in total. The highest BCUT2D eigenvalue weighted by atomic mass is 35.5. The van der Waals surface area contributed by atoms with E-state index in [1.807, 2.05) is 18.2 Å². The minimum Gasteiger partial charge on any atom is -0.508 e. The fraction of sp³-hybridized carbons (Fsp3) is 0.455. The van der Waals surface area contributed by atoms with Crippen molar-refractivity contribution in [2.45, 2.75) is 26.2 Å². The molecule has 14 heavy (non-hydrogen) atoms. The fourth-order valence-corrected chi connectivity index (χ4v) is 1.09. The summed E-state index contributed by atoms with van der Waals surface area (Å²) in [6.45, 7) is 2.15. The Morgan fingerprint density at radius 1 is 1.21 bits per heavy atom. The maximum atomic E-state index is 9.34. The minimum absolute atomic E-state index is 0.194. The molecular formula is C11H16Cl2O. The lowest BCUT2D eigenvalue weighted by Gasteiger charge is -2.01. The standard InChI is InChI=1S/C10H14O.CH2Cl2/c1-2-3-6-9-7-4-5-8-10(9)11;2-1-3/h4-5,7-8,11H,2-3,6H2,1H3;1H2. The second-order valence-electron chi connectivity index (χ2n) is 2.83. The van der Waals surface area contributed by atoms with Gasteiger partial charge < -0.3 is 5.11 Å². The molecule has 1 aromatic carbocycles. The van der Waals surface area contributed by atoms with Crippen molar-refractivity contribution in [1.29, 1.82) is 0 Å². The zero-order chi connectivity index (χ0) is 10.8. The molecule has 1 nitrogen and oxygen atoms in total. The quantitative estimate of drug-likeness (QED) is 0.780. The number of phenols is 1. The number of halogens is 2. The number of benzene rings is 1. The van der Waals surface area contributed by atoms with E-state index >= 15 is 0 Å². The highest BCUT2D eigenvalue weighted by molar-refractivity contribution is 6.40. The number of alkyl halides is 2. The highest BCUT2D eigenvalue weighted by Gasteiger charge is 1.96. The number of para-hydroxylation sites is 1. The van der Waals surface area contributed by atoms with Gasteiger partial charge in [-0.1, -0.05) is 31.5 Å². The van der Waals surface area contributed by atoms with Crippen molar-refractivity contribution < 1.29 is 5.11 Å². The van der Waals surface area contributed by atoms with Crippen LogP contribution < -0.4 is 0 Å². The molecule has 80 valence electrons. The molecule has 1 rings (SSSR count). The van der Waals surface area contributed by atoms with Crippen LogP contribution in [0.25, 0.3) is 0 Å². The predicted molar refractivity (Wildman–Crippen MR) is 63.3 cm³/mol. The molecule has 0 aliphatic carbocycles. The summed E-state index contributed by atoms with van der Waals surface area (Å²) in [6.07, 6.45) is 3.31. The Kier molecular flexibility index (Phi) is 8.90. The number of aromatic hydroxyl groups is 1. The van der Waals surface area contributed by atoms with Crippen LogP contribution in [0.15, 0.2) is 24.3 Å². The maximum absolute atomic E-state index is 9.34. The summed E-state index contributed by atoms with van der Waals surface area (Å²) in [7, 11) is 0. The average molecular weight is 235 g/mol. The van der Waals surface area contributed by atoms with Gasteiger partial charge in [-0.15, -0.1) is 23.2 Å². The lowest BCUT2D eigenvalue weighted by molar-refractivity contribution is 0.467. The molecule has 0 saturated heterocycles. The molecule has 0 fully saturated rings. The van der Waals surface area contributed by atoms with Gasteiger partial charge in [0.1, 0.15) is 5.75 Å². The van der Waals surface area contributed by atoms with E-state index in [2.05, 4.69) is 6.92 Å². The van der Waals surface area contributed by atoms with Gasteiger partial charge in [-0.05, 0) is 24.5 Å². The smallest absolute Gasteiger partial charge is 0.118 e. The molecule has 1 aromatic rings. The number of hydrogen-bond donors (Lipinski definition) is 1. The molecule has 0 amide bonds. The summed E-state index contributed by atoms with van der Waals surface area (Å²) in [5.74, 6) is 0.431. The van der Waals surface area contributed by atoms with Crippen LogP contribution in [0, 0.1) is 0 Å². The normalized spacial score (nSPS) is 9.07. The van der Waals surface area contributed by atoms with Crippen LogP contribution in [-0.2, 0) is 6.42 Å². The van der Waals surface area contributed by atoms with E-state index in [1.54, 1.807) is 6.07 Å². The van der Waals surface area contributed by atoms with Crippen LogP contribution in [0.5, 0.6) is 5.75 Å². The molecule has 0 atom stereocenters. The van der Waals surface area contributed by atoms with Crippen molar-refractivity contribution in [3.05, 3.63) is 29.8 Å². The molecule has 0 heterocycles. The number of aryl methyl sites for hydroxylation is 1. The SMILES string of the molecule is CCCCc1ccccc1O.ClCCl. The molecule has 0 aromatic heterocycles. The molecule has 3 heteroatoms. The number of hydrogen-bond acceptors (Lipinski definition) is 1. The van der Waals surface area contributed by atoms with Gasteiger partial charge >= 0.3 is 0 Å². The summed E-state index contributed by atoms with van der Waals surface area (Å²) in [5.41, 5.74) is 1.06. The van der Waals surface area contributed by atoms with Crippen molar-refractivity contribution in [3.8, 4) is 5.75 Å². The lowest BCUT2D eigenvalue weighted by atomic mass is 10.1. The van der Waals surface area contributed by atoms with Gasteiger partial charge in [0.25, 0.3) is 0 Å². The molecule has 0 unspecified atom stereocenters. The first kappa shape index (κ1) is 13.6. The molecule has 0 aliphatic heterocycles. The topological polar surface area (TPSA) is 20.2 Å². The third-order valence-electron chi connectivity index (χ3n) is 1.79. The van der Waals surface area contributed by atoms with E-state index in [4.69, 9.17) is 23.2 Å². The lowest BCUT2D eigenvalue weighted by Crippen LogP contribution is -1.83. The molecule has 0 radical (unpaired) electrons. The van der Waals surface area contributed by atoms with E-state index < -0.39 is 0 Å². The van der Waals surface area contributed by atoms with Crippen molar-refractivity contribution in [1.82, 2.24) is 0 Å². The van der Waals surface area contributed by atoms with Crippen LogP contribution in [0.1, 0.15) is 25.3 Å². The van der Waals surface area contributed by atoms with E-state index in [0.29, 0.717) is 5.75 Å². The van der Waals surface area contributed by atoms with Gasteiger partial charge in [-0.25, -0.2) is 0 Å². The summed E-state index contributed by atoms with van der Waals surface area (Å²) in [5, 5.41) is 9.53. The zero-order valence-electron chi connectivity index (χ0n) is 8.34. The van der Waals surface area contributed by atoms with Crippen LogP contribution in [0.4, 0.5) is 0 Å². The van der Waals surface area contributed by atoms with Crippen molar-refractivity contribution in [2.75, 3.05) is 5.34 Å². The number of rotatable bonds is 3. The van der Waals surface area contributed by atoms with Crippen molar-refractivity contribution in [3.63, 3.8) is 0 Å². The Bertz CT molecular complexity index is 238. The Hall–Kier alpha value is -0.400. The predicted octanol–water partition coefficient (Wildman–Crippen LogP) is 4.16. The van der Waals surface area contributed by atoms with Crippen LogP contribution in [0.2, 0.25) is 0 Å². The minimum atomic E-state index is 0.194. The fourth-order valence-electron chi connectivity index (χ4n) is 1.09. The highest BCUT2D eigenvalue weighted by Crippen LogP contribution is 2.17.